The Balaban J connectivity index is 1.63. The molecule has 0 radical (unpaired) electrons. The predicted molar refractivity (Wildman–Crippen MR) is 119 cm³/mol. The van der Waals surface area contributed by atoms with Crippen LogP contribution in [0.1, 0.15) is 5.56 Å². The Morgan fingerprint density at radius 3 is 2.58 bits per heavy atom. The number of fused-ring (bicyclic) bond motifs is 1. The van der Waals surface area contributed by atoms with Gasteiger partial charge in [0.1, 0.15) is 4.90 Å². The molecule has 1 saturated heterocycles. The minimum atomic E-state index is -4.86. The summed E-state index contributed by atoms with van der Waals surface area (Å²) in [6.45, 7) is 4.20. The number of sulfonamides is 1. The van der Waals surface area contributed by atoms with Gasteiger partial charge in [0.15, 0.2) is 5.58 Å². The Morgan fingerprint density at radius 2 is 1.85 bits per heavy atom. The topological polar surface area (TPSA) is 75.0 Å². The lowest BCUT2D eigenvalue weighted by Crippen LogP contribution is -2.39. The summed E-state index contributed by atoms with van der Waals surface area (Å²) in [7, 11) is -4.71. The zero-order chi connectivity index (χ0) is 23.6. The number of morpholine rings is 1. The van der Waals surface area contributed by atoms with Crippen LogP contribution in [0.2, 0.25) is 0 Å². The van der Waals surface area contributed by atoms with E-state index in [1.165, 1.54) is 24.5 Å². The van der Waals surface area contributed by atoms with E-state index < -0.39 is 26.7 Å². The van der Waals surface area contributed by atoms with Crippen LogP contribution in [-0.4, -0.2) is 52.7 Å². The van der Waals surface area contributed by atoms with E-state index in [4.69, 9.17) is 20.9 Å². The Labute approximate surface area is 193 Å². The van der Waals surface area contributed by atoms with E-state index in [-0.39, 0.29) is 5.69 Å². The molecular weight excluding hydrogens is 483 g/mol. The van der Waals surface area contributed by atoms with Crippen molar-refractivity contribution in [1.29, 1.82) is 0 Å². The minimum absolute atomic E-state index is 0.0172. The lowest BCUT2D eigenvalue weighted by atomic mass is 10.2. The van der Waals surface area contributed by atoms with E-state index >= 15 is 0 Å². The number of benzene rings is 2. The summed E-state index contributed by atoms with van der Waals surface area (Å²) in [5, 5.41) is 3.75. The molecule has 7 nitrogen and oxygen atoms in total. The highest BCUT2D eigenvalue weighted by Crippen LogP contribution is 2.38. The van der Waals surface area contributed by atoms with Crippen molar-refractivity contribution in [2.75, 3.05) is 48.5 Å². The smallest absolute Gasteiger partial charge is 0.417 e. The maximum Gasteiger partial charge on any atom is 0.417 e. The number of nitrogens with zero attached hydrogens (tertiary/aromatic N) is 2. The summed E-state index contributed by atoms with van der Waals surface area (Å²) in [4.78, 5) is 1.29. The Morgan fingerprint density at radius 1 is 1.12 bits per heavy atom. The standard InChI is InChI=1S/C21H21ClF3N3O4S/c22-28(33(29,30)19-4-2-1-3-17(19)21(23,24)25)16-13-15-5-10-32-20(15)18(14-16)26-6-7-27-8-11-31-12-9-27/h1-5,10,13-14,26H,6-9,11-12H2. The summed E-state index contributed by atoms with van der Waals surface area (Å²) in [5.74, 6) is 0. The highest BCUT2D eigenvalue weighted by Gasteiger charge is 2.39. The maximum atomic E-state index is 13.4. The van der Waals surface area contributed by atoms with Crippen molar-refractivity contribution >= 4 is 44.1 Å². The molecular formula is C21H21ClF3N3O4S. The lowest BCUT2D eigenvalue weighted by molar-refractivity contribution is -0.139. The van der Waals surface area contributed by atoms with Crippen molar-refractivity contribution in [3.05, 3.63) is 54.3 Å². The van der Waals surface area contributed by atoms with Crippen molar-refractivity contribution in [1.82, 2.24) is 4.90 Å². The number of rotatable bonds is 7. The van der Waals surface area contributed by atoms with Gasteiger partial charge in [-0.1, -0.05) is 12.1 Å². The molecule has 178 valence electrons. The second-order valence-corrected chi connectivity index (χ2v) is 9.72. The second kappa shape index (κ2) is 9.41. The van der Waals surface area contributed by atoms with Gasteiger partial charge in [0.25, 0.3) is 10.0 Å². The number of nitrogens with one attached hydrogen (secondary N) is 1. The molecule has 0 saturated carbocycles. The molecule has 4 rings (SSSR count). The summed E-state index contributed by atoms with van der Waals surface area (Å²) in [6, 6.07) is 8.41. The van der Waals surface area contributed by atoms with Crippen molar-refractivity contribution in [2.24, 2.45) is 0 Å². The largest absolute Gasteiger partial charge is 0.462 e. The molecule has 3 aromatic rings. The van der Waals surface area contributed by atoms with Gasteiger partial charge in [-0.15, -0.1) is 0 Å². The quantitative estimate of drug-likeness (QED) is 0.477. The number of ether oxygens (including phenoxy) is 1. The van der Waals surface area contributed by atoms with Gasteiger partial charge in [0, 0.05) is 43.3 Å². The number of anilines is 2. The number of furan rings is 1. The second-order valence-electron chi connectivity index (χ2n) is 7.43. The number of hydrogen-bond donors (Lipinski definition) is 1. The van der Waals surface area contributed by atoms with Crippen LogP contribution in [0, 0.1) is 0 Å². The molecule has 0 aliphatic carbocycles. The minimum Gasteiger partial charge on any atom is -0.462 e. The van der Waals surface area contributed by atoms with Gasteiger partial charge < -0.3 is 14.5 Å². The third-order valence-corrected chi connectivity index (χ3v) is 7.55. The number of halogens is 4. The molecule has 0 spiro atoms. The number of alkyl halides is 3. The van der Waals surface area contributed by atoms with Gasteiger partial charge >= 0.3 is 6.18 Å². The first kappa shape index (κ1) is 23.7. The third kappa shape index (κ3) is 5.06. The summed E-state index contributed by atoms with van der Waals surface area (Å²) < 4.78 is 77.5. The monoisotopic (exact) mass is 503 g/mol. The molecule has 1 aliphatic rings. The van der Waals surface area contributed by atoms with E-state index in [1.807, 2.05) is 0 Å². The van der Waals surface area contributed by atoms with Gasteiger partial charge in [-0.05, 0) is 30.3 Å². The van der Waals surface area contributed by atoms with Crippen LogP contribution in [-0.2, 0) is 20.9 Å². The van der Waals surface area contributed by atoms with Crippen LogP contribution in [0.15, 0.2) is 58.0 Å². The third-order valence-electron chi connectivity index (χ3n) is 5.27. The van der Waals surface area contributed by atoms with Crippen molar-refractivity contribution in [2.45, 2.75) is 11.1 Å². The fourth-order valence-corrected chi connectivity index (χ4v) is 5.21. The van der Waals surface area contributed by atoms with Gasteiger partial charge in [-0.25, -0.2) is 0 Å². The molecule has 1 fully saturated rings. The first-order chi connectivity index (χ1) is 15.7. The molecule has 1 aliphatic heterocycles. The van der Waals surface area contributed by atoms with E-state index in [2.05, 4.69) is 10.2 Å². The van der Waals surface area contributed by atoms with Crippen LogP contribution in [0.25, 0.3) is 11.0 Å². The summed E-state index contributed by atoms with van der Waals surface area (Å²) in [6.07, 6.45) is -3.42. The average Bonchev–Trinajstić information content (AvgIpc) is 3.27. The van der Waals surface area contributed by atoms with Crippen LogP contribution in [0.5, 0.6) is 0 Å². The van der Waals surface area contributed by atoms with Gasteiger partial charge in [0.05, 0.1) is 36.4 Å². The molecule has 12 heteroatoms. The SMILES string of the molecule is O=S(=O)(c1ccccc1C(F)(F)F)N(Cl)c1cc(NCCN2CCOCC2)c2occc2c1. The fraction of sp³-hybridized carbons (Fsp3) is 0.333. The van der Waals surface area contributed by atoms with Crippen molar-refractivity contribution in [3.8, 4) is 0 Å². The molecule has 0 atom stereocenters. The molecule has 0 bridgehead atoms. The molecule has 0 amide bonds. The van der Waals surface area contributed by atoms with E-state index in [1.54, 1.807) is 6.07 Å². The molecule has 1 aromatic heterocycles. The average molecular weight is 504 g/mol. The molecule has 1 N–H and O–H groups in total. The molecule has 0 unspecified atom stereocenters. The van der Waals surface area contributed by atoms with Crippen LogP contribution in [0.4, 0.5) is 24.5 Å². The van der Waals surface area contributed by atoms with Crippen molar-refractivity contribution in [3.63, 3.8) is 0 Å². The van der Waals surface area contributed by atoms with Crippen LogP contribution in [0.3, 0.4) is 0 Å². The maximum absolute atomic E-state index is 13.4. The lowest BCUT2D eigenvalue weighted by Gasteiger charge is -2.26. The van der Waals surface area contributed by atoms with Gasteiger partial charge in [-0.2, -0.15) is 25.4 Å². The van der Waals surface area contributed by atoms with Gasteiger partial charge in [-0.3, -0.25) is 4.90 Å². The van der Waals surface area contributed by atoms with E-state index in [0.29, 0.717) is 46.3 Å². The molecule has 2 heterocycles. The zero-order valence-electron chi connectivity index (χ0n) is 17.3. The first-order valence-corrected chi connectivity index (χ1v) is 11.9. The van der Waals surface area contributed by atoms with E-state index in [9.17, 15) is 21.6 Å². The fourth-order valence-electron chi connectivity index (χ4n) is 3.62. The Bertz CT molecular complexity index is 1230. The molecule has 33 heavy (non-hydrogen) atoms. The first-order valence-electron chi connectivity index (χ1n) is 10.1. The molecule has 2 aromatic carbocycles. The summed E-state index contributed by atoms with van der Waals surface area (Å²) in [5.41, 5.74) is -0.343. The van der Waals surface area contributed by atoms with Gasteiger partial charge in [0.2, 0.25) is 0 Å². The number of hydrogen-bond acceptors (Lipinski definition) is 6. The van der Waals surface area contributed by atoms with E-state index in [0.717, 1.165) is 31.8 Å². The van der Waals surface area contributed by atoms with Crippen LogP contribution < -0.4 is 9.14 Å². The normalized spacial score (nSPS) is 15.6. The van der Waals surface area contributed by atoms with Crippen molar-refractivity contribution < 1.29 is 30.7 Å². The summed E-state index contributed by atoms with van der Waals surface area (Å²) >= 11 is 6.15. The Hall–Kier alpha value is -2.47. The zero-order valence-corrected chi connectivity index (χ0v) is 18.9. The Kier molecular flexibility index (Phi) is 6.76. The van der Waals surface area contributed by atoms with Crippen LogP contribution >= 0.6 is 11.8 Å². The predicted octanol–water partition coefficient (Wildman–Crippen LogP) is 4.54. The highest BCUT2D eigenvalue weighted by atomic mass is 35.5. The highest BCUT2D eigenvalue weighted by molar-refractivity contribution is 7.94.